The van der Waals surface area contributed by atoms with Crippen LogP contribution in [0.2, 0.25) is 0 Å². The highest BCUT2D eigenvalue weighted by molar-refractivity contribution is 5.90. The number of ether oxygens (including phenoxy) is 1. The maximum absolute atomic E-state index is 11.6. The predicted molar refractivity (Wildman–Crippen MR) is 132 cm³/mol. The summed E-state index contributed by atoms with van der Waals surface area (Å²) in [5, 5.41) is 0. The van der Waals surface area contributed by atoms with Gasteiger partial charge in [0.25, 0.3) is 0 Å². The Kier molecular flexibility index (Phi) is 6.90. The second-order valence-electron chi connectivity index (χ2n) is 10.5. The molecule has 1 saturated heterocycles. The molecule has 0 aromatic heterocycles. The number of piperazine rings is 1. The van der Waals surface area contributed by atoms with Crippen molar-refractivity contribution in [3.63, 3.8) is 0 Å². The predicted octanol–water partition coefficient (Wildman–Crippen LogP) is 5.87. The highest BCUT2D eigenvalue weighted by Crippen LogP contribution is 2.39. The van der Waals surface area contributed by atoms with E-state index in [-0.39, 0.29) is 5.97 Å². The lowest BCUT2D eigenvalue weighted by Gasteiger charge is -2.44. The van der Waals surface area contributed by atoms with Crippen molar-refractivity contribution in [1.82, 2.24) is 4.90 Å². The average Bonchev–Trinajstić information content (AvgIpc) is 2.83. The standard InChI is InChI=1S/C28H38N2O2/c1-28(2,3)24-11-15-26(16-12-24)30-19-17-29(18-20-30)25-13-9-22(10-14-25)21-5-7-23(8-6-21)27(31)32-4/h5-10,13-14,24,26H,11-12,15-20H2,1-4H3/t24-,26-. The van der Waals surface area contributed by atoms with Crippen LogP contribution in [0.4, 0.5) is 5.69 Å². The van der Waals surface area contributed by atoms with Crippen LogP contribution in [-0.4, -0.2) is 50.2 Å². The summed E-state index contributed by atoms with van der Waals surface area (Å²) >= 11 is 0. The first kappa shape index (κ1) is 22.8. The number of hydrogen-bond acceptors (Lipinski definition) is 4. The summed E-state index contributed by atoms with van der Waals surface area (Å²) in [6.07, 6.45) is 5.50. The first-order chi connectivity index (χ1) is 15.3. The summed E-state index contributed by atoms with van der Waals surface area (Å²) in [7, 11) is 1.41. The van der Waals surface area contributed by atoms with Gasteiger partial charge in [0.15, 0.2) is 0 Å². The molecule has 0 unspecified atom stereocenters. The lowest BCUT2D eigenvalue weighted by Crippen LogP contribution is -2.51. The highest BCUT2D eigenvalue weighted by atomic mass is 16.5. The second kappa shape index (κ2) is 9.66. The van der Waals surface area contributed by atoms with E-state index in [1.54, 1.807) is 0 Å². The maximum Gasteiger partial charge on any atom is 0.337 e. The lowest BCUT2D eigenvalue weighted by atomic mass is 9.71. The van der Waals surface area contributed by atoms with Crippen LogP contribution in [0, 0.1) is 11.3 Å². The minimum absolute atomic E-state index is 0.298. The number of carbonyl (C=O) groups excluding carboxylic acids is 1. The fourth-order valence-electron chi connectivity index (χ4n) is 5.43. The summed E-state index contributed by atoms with van der Waals surface area (Å²) < 4.78 is 4.78. The number of hydrogen-bond donors (Lipinski definition) is 0. The van der Waals surface area contributed by atoms with Gasteiger partial charge in [0, 0.05) is 37.9 Å². The summed E-state index contributed by atoms with van der Waals surface area (Å²) in [6.45, 7) is 11.8. The normalized spacial score (nSPS) is 22.6. The van der Waals surface area contributed by atoms with E-state index in [0.717, 1.165) is 30.6 Å². The van der Waals surface area contributed by atoms with E-state index in [4.69, 9.17) is 4.74 Å². The Balaban J connectivity index is 1.30. The molecular formula is C28H38N2O2. The smallest absolute Gasteiger partial charge is 0.337 e. The van der Waals surface area contributed by atoms with Crippen molar-refractivity contribution in [3.8, 4) is 11.1 Å². The topological polar surface area (TPSA) is 32.8 Å². The van der Waals surface area contributed by atoms with Crippen molar-refractivity contribution in [2.24, 2.45) is 11.3 Å². The Morgan fingerprint density at radius 1 is 0.812 bits per heavy atom. The van der Waals surface area contributed by atoms with Crippen molar-refractivity contribution in [2.75, 3.05) is 38.2 Å². The molecule has 2 aromatic carbocycles. The van der Waals surface area contributed by atoms with Crippen molar-refractivity contribution in [2.45, 2.75) is 52.5 Å². The molecule has 32 heavy (non-hydrogen) atoms. The summed E-state index contributed by atoms with van der Waals surface area (Å²) in [5.41, 5.74) is 4.62. The number of anilines is 1. The number of methoxy groups -OCH3 is 1. The van der Waals surface area contributed by atoms with Gasteiger partial charge >= 0.3 is 5.97 Å². The molecule has 1 saturated carbocycles. The molecule has 0 radical (unpaired) electrons. The summed E-state index contributed by atoms with van der Waals surface area (Å²) in [6, 6.07) is 17.2. The lowest BCUT2D eigenvalue weighted by molar-refractivity contribution is 0.0600. The quantitative estimate of drug-likeness (QED) is 0.564. The molecule has 0 amide bonds. The molecule has 4 nitrogen and oxygen atoms in total. The molecule has 2 fully saturated rings. The van der Waals surface area contributed by atoms with Crippen molar-refractivity contribution in [1.29, 1.82) is 0 Å². The number of rotatable bonds is 4. The number of benzene rings is 2. The Morgan fingerprint density at radius 2 is 1.34 bits per heavy atom. The van der Waals surface area contributed by atoms with Crippen molar-refractivity contribution in [3.05, 3.63) is 54.1 Å². The molecule has 0 spiro atoms. The Labute approximate surface area is 193 Å². The summed E-state index contributed by atoms with van der Waals surface area (Å²) in [4.78, 5) is 16.9. The monoisotopic (exact) mass is 434 g/mol. The third kappa shape index (κ3) is 5.17. The van der Waals surface area contributed by atoms with E-state index in [2.05, 4.69) is 54.8 Å². The zero-order valence-electron chi connectivity index (χ0n) is 20.1. The van der Waals surface area contributed by atoms with Gasteiger partial charge in [-0.05, 0) is 72.4 Å². The molecule has 4 rings (SSSR count). The molecule has 4 heteroatoms. The van der Waals surface area contributed by atoms with Crippen LogP contribution >= 0.6 is 0 Å². The van der Waals surface area contributed by atoms with Crippen LogP contribution in [0.5, 0.6) is 0 Å². The van der Waals surface area contributed by atoms with Crippen molar-refractivity contribution >= 4 is 11.7 Å². The molecule has 172 valence electrons. The van der Waals surface area contributed by atoms with E-state index in [0.29, 0.717) is 11.0 Å². The van der Waals surface area contributed by atoms with E-state index in [9.17, 15) is 4.79 Å². The molecule has 1 heterocycles. The Hall–Kier alpha value is -2.33. The SMILES string of the molecule is COC(=O)c1ccc(-c2ccc(N3CCN([C@H]4CC[C@H](C(C)(C)C)CC4)CC3)cc2)cc1. The van der Waals surface area contributed by atoms with E-state index in [1.807, 2.05) is 24.3 Å². The molecule has 0 N–H and O–H groups in total. The Bertz CT molecular complexity index is 883. The molecule has 1 aliphatic heterocycles. The van der Waals surface area contributed by atoms with Gasteiger partial charge in [-0.25, -0.2) is 4.79 Å². The first-order valence-electron chi connectivity index (χ1n) is 12.1. The van der Waals surface area contributed by atoms with E-state index < -0.39 is 0 Å². The van der Waals surface area contributed by atoms with Gasteiger partial charge in [-0.2, -0.15) is 0 Å². The largest absolute Gasteiger partial charge is 0.465 e. The van der Waals surface area contributed by atoms with Gasteiger partial charge in [0.2, 0.25) is 0 Å². The zero-order chi connectivity index (χ0) is 22.7. The molecule has 2 aromatic rings. The van der Waals surface area contributed by atoms with Gasteiger partial charge in [0.05, 0.1) is 12.7 Å². The van der Waals surface area contributed by atoms with Gasteiger partial charge in [-0.3, -0.25) is 4.90 Å². The minimum Gasteiger partial charge on any atom is -0.465 e. The summed E-state index contributed by atoms with van der Waals surface area (Å²) in [5.74, 6) is 0.587. The highest BCUT2D eigenvalue weighted by Gasteiger charge is 2.33. The molecule has 2 aliphatic rings. The van der Waals surface area contributed by atoms with Crippen LogP contribution in [-0.2, 0) is 4.74 Å². The van der Waals surface area contributed by atoms with Crippen LogP contribution in [0.25, 0.3) is 11.1 Å². The molecule has 1 aliphatic carbocycles. The molecule has 0 bridgehead atoms. The van der Waals surface area contributed by atoms with E-state index in [1.165, 1.54) is 57.1 Å². The Morgan fingerprint density at radius 3 is 1.84 bits per heavy atom. The van der Waals surface area contributed by atoms with Crippen LogP contribution in [0.1, 0.15) is 56.8 Å². The average molecular weight is 435 g/mol. The third-order valence-electron chi connectivity index (χ3n) is 7.62. The first-order valence-corrected chi connectivity index (χ1v) is 12.1. The fourth-order valence-corrected chi connectivity index (χ4v) is 5.43. The van der Waals surface area contributed by atoms with Crippen LogP contribution in [0.15, 0.2) is 48.5 Å². The van der Waals surface area contributed by atoms with Gasteiger partial charge < -0.3 is 9.64 Å². The van der Waals surface area contributed by atoms with Crippen LogP contribution < -0.4 is 4.90 Å². The second-order valence-corrected chi connectivity index (χ2v) is 10.5. The zero-order valence-corrected chi connectivity index (χ0v) is 20.1. The minimum atomic E-state index is -0.298. The van der Waals surface area contributed by atoms with Gasteiger partial charge in [-0.15, -0.1) is 0 Å². The van der Waals surface area contributed by atoms with Gasteiger partial charge in [0.1, 0.15) is 0 Å². The number of nitrogens with zero attached hydrogens (tertiary/aromatic N) is 2. The number of esters is 1. The third-order valence-corrected chi connectivity index (χ3v) is 7.62. The molecular weight excluding hydrogens is 396 g/mol. The van der Waals surface area contributed by atoms with Crippen LogP contribution in [0.3, 0.4) is 0 Å². The fraction of sp³-hybridized carbons (Fsp3) is 0.536. The van der Waals surface area contributed by atoms with Gasteiger partial charge in [-0.1, -0.05) is 45.0 Å². The van der Waals surface area contributed by atoms with Crippen molar-refractivity contribution < 1.29 is 9.53 Å². The maximum atomic E-state index is 11.6. The molecule has 0 atom stereocenters. The van der Waals surface area contributed by atoms with E-state index >= 15 is 0 Å². The number of carbonyl (C=O) groups is 1.